The summed E-state index contributed by atoms with van der Waals surface area (Å²) in [6.07, 6.45) is 11.4. The van der Waals surface area contributed by atoms with Crippen LogP contribution in [0.1, 0.15) is 87.6 Å². The number of aryl methyl sites for hydroxylation is 1. The SMILES string of the molecule is CCCCCCCCOc1ccc(C(=O)Oc2ccc(CCCCC)cc2F)cc1. The van der Waals surface area contributed by atoms with Gasteiger partial charge in [0.05, 0.1) is 12.2 Å². The van der Waals surface area contributed by atoms with E-state index in [4.69, 9.17) is 9.47 Å². The van der Waals surface area contributed by atoms with Gasteiger partial charge < -0.3 is 9.47 Å². The first-order valence-electron chi connectivity index (χ1n) is 11.4. The Morgan fingerprint density at radius 3 is 2.20 bits per heavy atom. The summed E-state index contributed by atoms with van der Waals surface area (Å²) in [5.41, 5.74) is 1.29. The van der Waals surface area contributed by atoms with Crippen molar-refractivity contribution in [1.29, 1.82) is 0 Å². The summed E-state index contributed by atoms with van der Waals surface area (Å²) in [7, 11) is 0. The number of unbranched alkanes of at least 4 members (excludes halogenated alkanes) is 7. The van der Waals surface area contributed by atoms with Crippen molar-refractivity contribution >= 4 is 5.97 Å². The maximum Gasteiger partial charge on any atom is 0.343 e. The second-order valence-corrected chi connectivity index (χ2v) is 7.75. The van der Waals surface area contributed by atoms with Crippen LogP contribution in [0, 0.1) is 5.82 Å². The van der Waals surface area contributed by atoms with Crippen LogP contribution in [0.15, 0.2) is 42.5 Å². The van der Waals surface area contributed by atoms with E-state index in [-0.39, 0.29) is 5.75 Å². The van der Waals surface area contributed by atoms with Crippen molar-refractivity contribution in [2.24, 2.45) is 0 Å². The molecule has 0 spiro atoms. The van der Waals surface area contributed by atoms with Crippen LogP contribution in [-0.4, -0.2) is 12.6 Å². The van der Waals surface area contributed by atoms with Gasteiger partial charge in [-0.05, 0) is 61.2 Å². The first-order chi connectivity index (χ1) is 14.6. The third-order valence-corrected chi connectivity index (χ3v) is 5.12. The molecule has 0 saturated heterocycles. The summed E-state index contributed by atoms with van der Waals surface area (Å²) in [6.45, 7) is 5.02. The molecule has 0 N–H and O–H groups in total. The van der Waals surface area contributed by atoms with Crippen molar-refractivity contribution in [2.45, 2.75) is 78.1 Å². The summed E-state index contributed by atoms with van der Waals surface area (Å²) in [4.78, 5) is 12.3. The number of carbonyl (C=O) groups is 1. The standard InChI is InChI=1S/C26H35FO3/c1-3-5-7-8-9-11-19-29-23-16-14-22(15-17-23)26(28)30-25-18-13-21(20-24(25)27)12-10-6-4-2/h13-18,20H,3-12,19H2,1-2H3. The van der Waals surface area contributed by atoms with Gasteiger partial charge in [-0.2, -0.15) is 0 Å². The van der Waals surface area contributed by atoms with Crippen LogP contribution >= 0.6 is 0 Å². The lowest BCUT2D eigenvalue weighted by atomic mass is 10.1. The van der Waals surface area contributed by atoms with Gasteiger partial charge in [-0.3, -0.25) is 0 Å². The van der Waals surface area contributed by atoms with Gasteiger partial charge in [-0.1, -0.05) is 64.9 Å². The molecule has 2 aromatic carbocycles. The largest absolute Gasteiger partial charge is 0.494 e. The van der Waals surface area contributed by atoms with Crippen LogP contribution < -0.4 is 9.47 Å². The second-order valence-electron chi connectivity index (χ2n) is 7.75. The molecule has 0 aliphatic heterocycles. The van der Waals surface area contributed by atoms with Crippen LogP contribution in [0.4, 0.5) is 4.39 Å². The fourth-order valence-electron chi connectivity index (χ4n) is 3.28. The van der Waals surface area contributed by atoms with Crippen molar-refractivity contribution in [3.05, 3.63) is 59.4 Å². The van der Waals surface area contributed by atoms with Gasteiger partial charge >= 0.3 is 5.97 Å². The van der Waals surface area contributed by atoms with Gasteiger partial charge in [0.1, 0.15) is 5.75 Å². The maximum atomic E-state index is 14.3. The lowest BCUT2D eigenvalue weighted by Gasteiger charge is -2.09. The first-order valence-corrected chi connectivity index (χ1v) is 11.4. The fourth-order valence-corrected chi connectivity index (χ4v) is 3.28. The van der Waals surface area contributed by atoms with Gasteiger partial charge in [-0.25, -0.2) is 9.18 Å². The molecule has 2 rings (SSSR count). The highest BCUT2D eigenvalue weighted by molar-refractivity contribution is 5.91. The molecule has 164 valence electrons. The fraction of sp³-hybridized carbons (Fsp3) is 0.500. The van der Waals surface area contributed by atoms with E-state index in [2.05, 4.69) is 13.8 Å². The van der Waals surface area contributed by atoms with Crippen molar-refractivity contribution in [3.8, 4) is 11.5 Å². The molecule has 0 aliphatic carbocycles. The van der Waals surface area contributed by atoms with Gasteiger partial charge in [0.2, 0.25) is 0 Å². The number of hydrogen-bond donors (Lipinski definition) is 0. The van der Waals surface area contributed by atoms with E-state index in [1.54, 1.807) is 24.3 Å². The van der Waals surface area contributed by atoms with Gasteiger partial charge in [0.25, 0.3) is 0 Å². The highest BCUT2D eigenvalue weighted by atomic mass is 19.1. The molecule has 0 fully saturated rings. The summed E-state index contributed by atoms with van der Waals surface area (Å²) in [6, 6.07) is 11.6. The minimum atomic E-state index is -0.574. The normalized spacial score (nSPS) is 10.8. The van der Waals surface area contributed by atoms with E-state index in [1.807, 2.05) is 6.07 Å². The molecule has 3 nitrogen and oxygen atoms in total. The molecule has 0 heterocycles. The number of esters is 1. The predicted molar refractivity (Wildman–Crippen MR) is 120 cm³/mol. The van der Waals surface area contributed by atoms with E-state index in [0.29, 0.717) is 12.2 Å². The summed E-state index contributed by atoms with van der Waals surface area (Å²) in [5.74, 6) is -0.392. The van der Waals surface area contributed by atoms with Crippen LogP contribution in [-0.2, 0) is 6.42 Å². The third kappa shape index (κ3) is 8.56. The minimum absolute atomic E-state index is 0.0392. The van der Waals surface area contributed by atoms with Gasteiger partial charge in [0.15, 0.2) is 11.6 Å². The Kier molecular flexibility index (Phi) is 11.0. The molecule has 0 radical (unpaired) electrons. The lowest BCUT2D eigenvalue weighted by Crippen LogP contribution is -2.09. The summed E-state index contributed by atoms with van der Waals surface area (Å²) < 4.78 is 25.2. The zero-order valence-electron chi connectivity index (χ0n) is 18.4. The van der Waals surface area contributed by atoms with Crippen molar-refractivity contribution in [3.63, 3.8) is 0 Å². The molecule has 0 amide bonds. The van der Waals surface area contributed by atoms with E-state index in [9.17, 15) is 9.18 Å². The smallest absolute Gasteiger partial charge is 0.343 e. The second kappa shape index (κ2) is 13.8. The van der Waals surface area contributed by atoms with Gasteiger partial charge in [0, 0.05) is 0 Å². The molecular weight excluding hydrogens is 379 g/mol. The molecule has 0 saturated carbocycles. The summed E-state index contributed by atoms with van der Waals surface area (Å²) >= 11 is 0. The van der Waals surface area contributed by atoms with E-state index in [0.717, 1.165) is 43.4 Å². The molecule has 0 bridgehead atoms. The molecule has 30 heavy (non-hydrogen) atoms. The molecule has 2 aromatic rings. The quantitative estimate of drug-likeness (QED) is 0.182. The minimum Gasteiger partial charge on any atom is -0.494 e. The first kappa shape index (κ1) is 23.9. The van der Waals surface area contributed by atoms with Crippen molar-refractivity contribution in [2.75, 3.05) is 6.61 Å². The van der Waals surface area contributed by atoms with Crippen LogP contribution in [0.3, 0.4) is 0 Å². The predicted octanol–water partition coefficient (Wildman–Crippen LogP) is 7.52. The Labute approximate surface area is 180 Å². The Bertz CT molecular complexity index is 755. The highest BCUT2D eigenvalue weighted by Crippen LogP contribution is 2.22. The highest BCUT2D eigenvalue weighted by Gasteiger charge is 2.13. The molecule has 0 aliphatic rings. The Balaban J connectivity index is 1.79. The average Bonchev–Trinajstić information content (AvgIpc) is 2.75. The van der Waals surface area contributed by atoms with Crippen LogP contribution in [0.25, 0.3) is 0 Å². The zero-order valence-corrected chi connectivity index (χ0v) is 18.4. The number of rotatable bonds is 14. The summed E-state index contributed by atoms with van der Waals surface area (Å²) in [5, 5.41) is 0. The Morgan fingerprint density at radius 1 is 0.833 bits per heavy atom. The maximum absolute atomic E-state index is 14.3. The average molecular weight is 415 g/mol. The molecule has 0 unspecified atom stereocenters. The molecule has 0 atom stereocenters. The van der Waals surface area contributed by atoms with Crippen molar-refractivity contribution in [1.82, 2.24) is 0 Å². The van der Waals surface area contributed by atoms with Crippen LogP contribution in [0.5, 0.6) is 11.5 Å². The number of benzene rings is 2. The molecule has 4 heteroatoms. The number of halogens is 1. The van der Waals surface area contributed by atoms with Crippen LogP contribution in [0.2, 0.25) is 0 Å². The molecule has 0 aromatic heterocycles. The Morgan fingerprint density at radius 2 is 1.50 bits per heavy atom. The van der Waals surface area contributed by atoms with E-state index >= 15 is 0 Å². The zero-order chi connectivity index (χ0) is 21.6. The van der Waals surface area contributed by atoms with E-state index < -0.39 is 11.8 Å². The number of ether oxygens (including phenoxy) is 2. The number of hydrogen-bond acceptors (Lipinski definition) is 3. The Hall–Kier alpha value is -2.36. The van der Waals surface area contributed by atoms with Crippen molar-refractivity contribution < 1.29 is 18.7 Å². The van der Waals surface area contributed by atoms with Gasteiger partial charge in [-0.15, -0.1) is 0 Å². The third-order valence-electron chi connectivity index (χ3n) is 5.12. The topological polar surface area (TPSA) is 35.5 Å². The van der Waals surface area contributed by atoms with E-state index in [1.165, 1.54) is 44.2 Å². The number of carbonyl (C=O) groups excluding carboxylic acids is 1. The monoisotopic (exact) mass is 414 g/mol. The lowest BCUT2D eigenvalue weighted by molar-refractivity contribution is 0.0727. The molecular formula is C26H35FO3.